The number of carbonyl (C=O) groups is 2. The Morgan fingerprint density at radius 2 is 1.72 bits per heavy atom. The molecular weight excluding hydrogens is 576 g/mol. The van der Waals surface area contributed by atoms with Gasteiger partial charge in [-0.2, -0.15) is 5.26 Å². The molecule has 1 aliphatic rings. The molecule has 1 heterocycles. The summed E-state index contributed by atoms with van der Waals surface area (Å²) >= 11 is 0. The first kappa shape index (κ1) is 30.4. The number of pyridine rings is 1. The summed E-state index contributed by atoms with van der Waals surface area (Å²) in [6.45, 7) is 0.735. The Morgan fingerprint density at radius 3 is 2.48 bits per heavy atom. The molecule has 2 amide bonds. The van der Waals surface area contributed by atoms with Crippen LogP contribution < -0.4 is 20.9 Å². The molecule has 0 fully saturated rings. The van der Waals surface area contributed by atoms with E-state index in [-0.39, 0.29) is 29.4 Å². The Balaban J connectivity index is 1.32. The first-order chi connectivity index (χ1) is 22.4. The van der Waals surface area contributed by atoms with Crippen LogP contribution in [0.4, 0.5) is 5.69 Å². The molecule has 1 aromatic heterocycles. The van der Waals surface area contributed by atoms with E-state index in [2.05, 4.69) is 16.7 Å². The third-order valence-corrected chi connectivity index (χ3v) is 8.56. The molecule has 0 spiro atoms. The van der Waals surface area contributed by atoms with Gasteiger partial charge in [0.2, 0.25) is 5.91 Å². The molecule has 0 radical (unpaired) electrons. The molecule has 4 aromatic carbocycles. The van der Waals surface area contributed by atoms with Gasteiger partial charge in [0.25, 0.3) is 11.5 Å². The summed E-state index contributed by atoms with van der Waals surface area (Å²) in [5.41, 5.74) is 5.48. The number of fused-ring (bicyclic) bond motifs is 2. The molecule has 0 saturated carbocycles. The van der Waals surface area contributed by atoms with Gasteiger partial charge >= 0.3 is 0 Å². The van der Waals surface area contributed by atoms with Gasteiger partial charge in [-0.25, -0.2) is 0 Å². The predicted octanol–water partition coefficient (Wildman–Crippen LogP) is 5.45. The van der Waals surface area contributed by atoms with E-state index >= 15 is 0 Å². The van der Waals surface area contributed by atoms with E-state index in [4.69, 9.17) is 4.74 Å². The molecule has 0 bridgehead atoms. The highest BCUT2D eigenvalue weighted by molar-refractivity contribution is 6.05. The van der Waals surface area contributed by atoms with Gasteiger partial charge in [-0.1, -0.05) is 60.7 Å². The van der Waals surface area contributed by atoms with Gasteiger partial charge < -0.3 is 19.9 Å². The van der Waals surface area contributed by atoms with E-state index in [0.717, 1.165) is 28.7 Å². The fraction of sp³-hybridized carbons (Fsp3) is 0.211. The van der Waals surface area contributed by atoms with Crippen molar-refractivity contribution < 1.29 is 14.3 Å². The summed E-state index contributed by atoms with van der Waals surface area (Å²) in [6.07, 6.45) is 2.17. The largest absolute Gasteiger partial charge is 0.497 e. The van der Waals surface area contributed by atoms with Crippen molar-refractivity contribution in [3.63, 3.8) is 0 Å². The molecule has 8 nitrogen and oxygen atoms in total. The van der Waals surface area contributed by atoms with Gasteiger partial charge in [-0.3, -0.25) is 14.4 Å². The first-order valence-corrected chi connectivity index (χ1v) is 15.4. The van der Waals surface area contributed by atoms with Gasteiger partial charge in [0.1, 0.15) is 11.3 Å². The molecule has 2 N–H and O–H groups in total. The fourth-order valence-electron chi connectivity index (χ4n) is 6.27. The van der Waals surface area contributed by atoms with E-state index in [1.54, 1.807) is 29.9 Å². The Kier molecular flexibility index (Phi) is 8.93. The van der Waals surface area contributed by atoms with Crippen molar-refractivity contribution >= 4 is 28.4 Å². The Morgan fingerprint density at radius 1 is 0.935 bits per heavy atom. The number of aromatic nitrogens is 1. The number of nitrogens with one attached hydrogen (secondary N) is 2. The lowest BCUT2D eigenvalue weighted by atomic mass is 10.0. The zero-order chi connectivity index (χ0) is 32.0. The summed E-state index contributed by atoms with van der Waals surface area (Å²) in [5, 5.41) is 16.2. The maximum Gasteiger partial charge on any atom is 0.263 e. The fourth-order valence-corrected chi connectivity index (χ4v) is 6.27. The Labute approximate surface area is 267 Å². The van der Waals surface area contributed by atoms with Crippen LogP contribution in [-0.2, 0) is 37.0 Å². The number of amides is 2. The van der Waals surface area contributed by atoms with E-state index in [1.807, 2.05) is 78.9 Å². The van der Waals surface area contributed by atoms with Crippen LogP contribution in [0.5, 0.6) is 5.75 Å². The predicted molar refractivity (Wildman–Crippen MR) is 178 cm³/mol. The number of anilines is 1. The van der Waals surface area contributed by atoms with Crippen LogP contribution in [0.25, 0.3) is 10.9 Å². The van der Waals surface area contributed by atoms with Crippen LogP contribution in [-0.4, -0.2) is 30.0 Å². The number of benzene rings is 4. The maximum atomic E-state index is 14.0. The minimum Gasteiger partial charge on any atom is -0.497 e. The highest BCUT2D eigenvalue weighted by Crippen LogP contribution is 2.31. The lowest BCUT2D eigenvalue weighted by molar-refractivity contribution is -0.115. The number of hydrogen-bond acceptors (Lipinski definition) is 5. The van der Waals surface area contributed by atoms with Crippen LogP contribution in [0.3, 0.4) is 0 Å². The van der Waals surface area contributed by atoms with Crippen LogP contribution in [0.15, 0.2) is 102 Å². The molecular formula is C38H34N4O4. The van der Waals surface area contributed by atoms with Crippen molar-refractivity contribution in [2.75, 3.05) is 19.0 Å². The third kappa shape index (κ3) is 6.54. The molecule has 6 rings (SSSR count). The van der Waals surface area contributed by atoms with Gasteiger partial charge in [-0.15, -0.1) is 0 Å². The average molecular weight is 611 g/mol. The van der Waals surface area contributed by atoms with Gasteiger partial charge in [0, 0.05) is 18.5 Å². The molecule has 1 aliphatic carbocycles. The molecule has 230 valence electrons. The number of hydrogen-bond donors (Lipinski definition) is 2. The summed E-state index contributed by atoms with van der Waals surface area (Å²) in [7, 11) is 1.59. The van der Waals surface area contributed by atoms with Gasteiger partial charge in [0.05, 0.1) is 36.4 Å². The molecule has 1 unspecified atom stereocenters. The quantitative estimate of drug-likeness (QED) is 0.218. The monoisotopic (exact) mass is 610 g/mol. The van der Waals surface area contributed by atoms with Crippen molar-refractivity contribution in [3.8, 4) is 11.8 Å². The lowest BCUT2D eigenvalue weighted by Crippen LogP contribution is -2.35. The number of rotatable bonds is 10. The smallest absolute Gasteiger partial charge is 0.263 e. The zero-order valence-electron chi connectivity index (χ0n) is 25.6. The minimum absolute atomic E-state index is 0.0191. The van der Waals surface area contributed by atoms with E-state index in [1.165, 1.54) is 0 Å². The van der Waals surface area contributed by atoms with Crippen LogP contribution >= 0.6 is 0 Å². The van der Waals surface area contributed by atoms with Crippen molar-refractivity contribution in [1.82, 2.24) is 9.88 Å². The Hall–Kier alpha value is -5.68. The highest BCUT2D eigenvalue weighted by Gasteiger charge is 2.26. The summed E-state index contributed by atoms with van der Waals surface area (Å²) < 4.78 is 6.87. The topological polar surface area (TPSA) is 113 Å². The summed E-state index contributed by atoms with van der Waals surface area (Å²) in [4.78, 5) is 40.7. The van der Waals surface area contributed by atoms with Gasteiger partial charge in [-0.05, 0) is 83.8 Å². The van der Waals surface area contributed by atoms with Crippen molar-refractivity contribution in [1.29, 1.82) is 5.26 Å². The average Bonchev–Trinajstić information content (AvgIpc) is 3.50. The van der Waals surface area contributed by atoms with E-state index in [9.17, 15) is 19.6 Å². The van der Waals surface area contributed by atoms with E-state index in [0.29, 0.717) is 53.8 Å². The first-order valence-electron chi connectivity index (χ1n) is 15.4. The SMILES string of the molecule is COc1ccc(CC(=O)Nc2cccc3c2cc(C(=O)NCCc2ccccc2)c(=O)n3CC2Cc3cccc(C#N)c3C2)cc1. The van der Waals surface area contributed by atoms with Crippen LogP contribution in [0.2, 0.25) is 0 Å². The minimum atomic E-state index is -0.461. The second-order valence-corrected chi connectivity index (χ2v) is 11.6. The molecule has 1 atom stereocenters. The molecule has 46 heavy (non-hydrogen) atoms. The third-order valence-electron chi connectivity index (χ3n) is 8.56. The number of nitrogens with zero attached hydrogens (tertiary/aromatic N) is 2. The standard InChI is InChI=1S/C38H34N4O4/c1-46-30-15-13-26(14-16-30)21-36(43)41-34-11-6-12-35-32(34)22-33(37(44)40-18-17-25-7-3-2-4-8-25)38(45)42(35)24-27-19-28-9-5-10-29(23-39)31(28)20-27/h2-16,22,27H,17-21,24H2,1H3,(H,40,44)(H,41,43). The molecule has 5 aromatic rings. The molecule has 0 saturated heterocycles. The normalized spacial score (nSPS) is 13.5. The Bertz CT molecular complexity index is 2010. The summed E-state index contributed by atoms with van der Waals surface area (Å²) in [6, 6.07) is 32.2. The molecule has 0 aliphatic heterocycles. The second kappa shape index (κ2) is 13.5. The van der Waals surface area contributed by atoms with Gasteiger partial charge in [0.15, 0.2) is 0 Å². The summed E-state index contributed by atoms with van der Waals surface area (Å²) in [5.74, 6) is 0.0899. The van der Waals surface area contributed by atoms with Crippen molar-refractivity contribution in [3.05, 3.63) is 141 Å². The number of nitriles is 1. The lowest BCUT2D eigenvalue weighted by Gasteiger charge is -2.18. The van der Waals surface area contributed by atoms with Crippen LogP contribution in [0.1, 0.15) is 38.2 Å². The number of ether oxygens (including phenoxy) is 1. The van der Waals surface area contributed by atoms with Crippen molar-refractivity contribution in [2.45, 2.75) is 32.2 Å². The highest BCUT2D eigenvalue weighted by atomic mass is 16.5. The second-order valence-electron chi connectivity index (χ2n) is 11.6. The van der Waals surface area contributed by atoms with Crippen molar-refractivity contribution in [2.24, 2.45) is 5.92 Å². The maximum absolute atomic E-state index is 14.0. The molecule has 8 heteroatoms. The van der Waals surface area contributed by atoms with Crippen LogP contribution in [0, 0.1) is 17.2 Å². The number of methoxy groups -OCH3 is 1. The number of carbonyl (C=O) groups excluding carboxylic acids is 2. The van der Waals surface area contributed by atoms with E-state index < -0.39 is 5.91 Å². The zero-order valence-corrected chi connectivity index (χ0v) is 25.6.